The average Bonchev–Trinajstić information content (AvgIpc) is 2.62. The first kappa shape index (κ1) is 19.4. The third-order valence-electron chi connectivity index (χ3n) is 4.06. The number of benzene rings is 2. The van der Waals surface area contributed by atoms with Gasteiger partial charge >= 0.3 is 0 Å². The Labute approximate surface area is 160 Å². The van der Waals surface area contributed by atoms with Crippen LogP contribution in [0.25, 0.3) is 0 Å². The molecule has 2 N–H and O–H groups in total. The maximum atomic E-state index is 13.6. The zero-order valence-corrected chi connectivity index (χ0v) is 16.0. The average molecular weight is 408 g/mol. The summed E-state index contributed by atoms with van der Waals surface area (Å²) in [5, 5.41) is 4.01. The van der Waals surface area contributed by atoms with Crippen LogP contribution in [0.2, 0.25) is 0 Å². The Morgan fingerprint density at radius 1 is 1.30 bits per heavy atom. The molecule has 27 heavy (non-hydrogen) atoms. The number of para-hydroxylation sites is 1. The van der Waals surface area contributed by atoms with Gasteiger partial charge in [0.25, 0.3) is 0 Å². The van der Waals surface area contributed by atoms with E-state index >= 15 is 0 Å². The Bertz CT molecular complexity index is 1010. The van der Waals surface area contributed by atoms with Gasteiger partial charge in [-0.1, -0.05) is 12.1 Å². The topological polar surface area (TPSA) is 92.3 Å². The molecule has 1 aliphatic heterocycles. The van der Waals surface area contributed by atoms with Crippen molar-refractivity contribution >= 4 is 44.8 Å². The molecule has 1 aliphatic rings. The van der Waals surface area contributed by atoms with Crippen LogP contribution in [-0.2, 0) is 19.4 Å². The molecular weight excluding hydrogens is 391 g/mol. The summed E-state index contributed by atoms with van der Waals surface area (Å²) in [4.78, 5) is 24.4. The zero-order valence-electron chi connectivity index (χ0n) is 14.4. The number of amides is 2. The fraction of sp³-hybridized carbons (Fsp3) is 0.222. The monoisotopic (exact) mass is 408 g/mol. The van der Waals surface area contributed by atoms with Crippen LogP contribution in [0.4, 0.5) is 15.8 Å². The summed E-state index contributed by atoms with van der Waals surface area (Å²) in [5.41, 5.74) is 0.445. The van der Waals surface area contributed by atoms with Crippen LogP contribution in [-0.4, -0.2) is 31.2 Å². The highest BCUT2D eigenvalue weighted by atomic mass is 32.2. The molecule has 3 rings (SSSR count). The van der Waals surface area contributed by atoms with Crippen molar-refractivity contribution in [2.45, 2.75) is 28.4 Å². The third-order valence-corrected chi connectivity index (χ3v) is 7.27. The predicted octanol–water partition coefficient (Wildman–Crippen LogP) is 3.06. The molecule has 6 nitrogen and oxygen atoms in total. The van der Waals surface area contributed by atoms with Gasteiger partial charge in [0, 0.05) is 11.3 Å². The largest absolute Gasteiger partial charge is 0.324 e. The lowest BCUT2D eigenvalue weighted by atomic mass is 10.2. The number of carbonyl (C=O) groups is 2. The van der Waals surface area contributed by atoms with Crippen molar-refractivity contribution in [3.8, 4) is 0 Å². The second kappa shape index (κ2) is 7.69. The Hall–Kier alpha value is -2.39. The maximum absolute atomic E-state index is 13.6. The Morgan fingerprint density at radius 3 is 2.78 bits per heavy atom. The first-order valence-electron chi connectivity index (χ1n) is 8.12. The lowest BCUT2D eigenvalue weighted by Crippen LogP contribution is -2.26. The normalized spacial score (nSPS) is 14.8. The number of hydrogen-bond donors (Lipinski definition) is 2. The lowest BCUT2D eigenvalue weighted by molar-refractivity contribution is -0.116. The molecule has 2 aromatic carbocycles. The molecule has 1 atom stereocenters. The minimum atomic E-state index is -3.80. The van der Waals surface area contributed by atoms with Crippen molar-refractivity contribution in [3.63, 3.8) is 0 Å². The number of halogens is 1. The highest BCUT2D eigenvalue weighted by Crippen LogP contribution is 2.34. The van der Waals surface area contributed by atoms with E-state index in [0.717, 1.165) is 4.90 Å². The summed E-state index contributed by atoms with van der Waals surface area (Å²) in [6.07, 6.45) is -0.325. The third kappa shape index (κ3) is 4.30. The Kier molecular flexibility index (Phi) is 5.52. The second-order valence-corrected chi connectivity index (χ2v) is 9.47. The first-order chi connectivity index (χ1) is 12.8. The highest BCUT2D eigenvalue weighted by Gasteiger charge is 2.27. The number of sulfone groups is 1. The summed E-state index contributed by atoms with van der Waals surface area (Å²) >= 11 is 1.33. The van der Waals surface area contributed by atoms with Crippen molar-refractivity contribution in [1.29, 1.82) is 0 Å². The van der Waals surface area contributed by atoms with E-state index < -0.39 is 26.8 Å². The van der Waals surface area contributed by atoms with Gasteiger partial charge in [0.05, 0.1) is 27.3 Å². The smallest absolute Gasteiger partial charge is 0.234 e. The Balaban J connectivity index is 1.74. The molecule has 0 saturated heterocycles. The van der Waals surface area contributed by atoms with Gasteiger partial charge in [-0.2, -0.15) is 0 Å². The number of nitrogens with one attached hydrogen (secondary N) is 2. The van der Waals surface area contributed by atoms with Crippen molar-refractivity contribution in [3.05, 3.63) is 48.3 Å². The van der Waals surface area contributed by atoms with Crippen molar-refractivity contribution in [1.82, 2.24) is 0 Å². The van der Waals surface area contributed by atoms with Crippen LogP contribution in [0.5, 0.6) is 0 Å². The lowest BCUT2D eigenvalue weighted by Gasteiger charge is -2.18. The number of carbonyl (C=O) groups excluding carboxylic acids is 2. The minimum absolute atomic E-state index is 0.000570. The van der Waals surface area contributed by atoms with Crippen LogP contribution in [0.15, 0.2) is 52.3 Å². The number of fused-ring (bicyclic) bond motifs is 1. The van der Waals surface area contributed by atoms with Crippen molar-refractivity contribution < 1.29 is 22.4 Å². The van der Waals surface area contributed by atoms with Crippen LogP contribution in [0, 0.1) is 5.82 Å². The van der Waals surface area contributed by atoms with Gasteiger partial charge in [0.15, 0.2) is 9.84 Å². The van der Waals surface area contributed by atoms with E-state index in [4.69, 9.17) is 0 Å². The van der Waals surface area contributed by atoms with Gasteiger partial charge in [0.2, 0.25) is 11.8 Å². The van der Waals surface area contributed by atoms with Crippen LogP contribution in [0.3, 0.4) is 0 Å². The van der Waals surface area contributed by atoms with E-state index in [-0.39, 0.29) is 28.7 Å². The van der Waals surface area contributed by atoms with E-state index in [2.05, 4.69) is 10.6 Å². The standard InChI is InChI=1S/C18H17FN2O4S2/c1-11(8-17(22)20-14-5-3-2-4-13(14)19)27(24,25)12-6-7-16-15(9-12)21-18(23)10-26-16/h2-7,9,11H,8,10H2,1H3,(H,20,22)(H,21,23). The van der Waals surface area contributed by atoms with Gasteiger partial charge in [0.1, 0.15) is 5.82 Å². The highest BCUT2D eigenvalue weighted by molar-refractivity contribution is 8.00. The van der Waals surface area contributed by atoms with Gasteiger partial charge in [-0.05, 0) is 37.3 Å². The minimum Gasteiger partial charge on any atom is -0.324 e. The number of anilines is 2. The number of rotatable bonds is 5. The predicted molar refractivity (Wildman–Crippen MR) is 102 cm³/mol. The molecule has 0 aromatic heterocycles. The summed E-state index contributed by atoms with van der Waals surface area (Å²) in [6, 6.07) is 10.2. The fourth-order valence-corrected chi connectivity index (χ4v) is 4.77. The first-order valence-corrected chi connectivity index (χ1v) is 10.7. The van der Waals surface area contributed by atoms with Crippen LogP contribution >= 0.6 is 11.8 Å². The molecule has 0 radical (unpaired) electrons. The molecule has 142 valence electrons. The molecule has 0 fully saturated rings. The number of thioether (sulfide) groups is 1. The molecule has 1 heterocycles. The molecule has 0 saturated carbocycles. The van der Waals surface area contributed by atoms with Crippen LogP contribution < -0.4 is 10.6 Å². The van der Waals surface area contributed by atoms with E-state index in [0.29, 0.717) is 5.69 Å². The molecule has 0 bridgehead atoms. The number of hydrogen-bond acceptors (Lipinski definition) is 5. The SMILES string of the molecule is CC(CC(=O)Nc1ccccc1F)S(=O)(=O)c1ccc2c(c1)NC(=O)CS2. The van der Waals surface area contributed by atoms with Gasteiger partial charge in [-0.15, -0.1) is 11.8 Å². The molecule has 0 aliphatic carbocycles. The van der Waals surface area contributed by atoms with Gasteiger partial charge in [-0.3, -0.25) is 9.59 Å². The molecule has 2 aromatic rings. The van der Waals surface area contributed by atoms with Crippen molar-refractivity contribution in [2.24, 2.45) is 0 Å². The summed E-state index contributed by atoms with van der Waals surface area (Å²) in [6.45, 7) is 1.42. The van der Waals surface area contributed by atoms with Crippen LogP contribution in [0.1, 0.15) is 13.3 Å². The quantitative estimate of drug-likeness (QED) is 0.793. The summed E-state index contributed by atoms with van der Waals surface area (Å²) < 4.78 is 39.2. The second-order valence-electron chi connectivity index (χ2n) is 6.08. The molecule has 9 heteroatoms. The summed E-state index contributed by atoms with van der Waals surface area (Å²) in [5.74, 6) is -1.10. The van der Waals surface area contributed by atoms with E-state index in [1.807, 2.05) is 0 Å². The van der Waals surface area contributed by atoms with Gasteiger partial charge in [-0.25, -0.2) is 12.8 Å². The summed E-state index contributed by atoms with van der Waals surface area (Å²) in [7, 11) is -3.80. The van der Waals surface area contributed by atoms with E-state index in [9.17, 15) is 22.4 Å². The molecule has 2 amide bonds. The molecule has 0 spiro atoms. The van der Waals surface area contributed by atoms with Gasteiger partial charge < -0.3 is 10.6 Å². The molecular formula is C18H17FN2O4S2. The molecule has 1 unspecified atom stereocenters. The van der Waals surface area contributed by atoms with Crippen molar-refractivity contribution in [2.75, 3.05) is 16.4 Å². The van der Waals surface area contributed by atoms with E-state index in [1.165, 1.54) is 49.0 Å². The zero-order chi connectivity index (χ0) is 19.6. The van der Waals surface area contributed by atoms with E-state index in [1.54, 1.807) is 12.1 Å². The maximum Gasteiger partial charge on any atom is 0.234 e. The Morgan fingerprint density at radius 2 is 2.04 bits per heavy atom. The fourth-order valence-electron chi connectivity index (χ4n) is 2.61.